The van der Waals surface area contributed by atoms with Crippen LogP contribution < -0.4 is 5.32 Å². The van der Waals surface area contributed by atoms with Gasteiger partial charge < -0.3 is 10.4 Å². The zero-order valence-electron chi connectivity index (χ0n) is 11.4. The fraction of sp³-hybridized carbons (Fsp3) is 0.833. The lowest BCUT2D eigenvalue weighted by Crippen LogP contribution is -2.49. The van der Waals surface area contributed by atoms with Gasteiger partial charge in [-0.2, -0.15) is 0 Å². The number of hydrogen-bond donors (Lipinski definition) is 2. The number of thioether (sulfide) groups is 1. The molecule has 2 atom stereocenters. The normalized spacial score (nSPS) is 24.1. The average Bonchev–Trinajstić information content (AvgIpc) is 2.58. The quantitative estimate of drug-likeness (QED) is 0.825. The summed E-state index contributed by atoms with van der Waals surface area (Å²) >= 11 is 1.49. The molecule has 0 spiro atoms. The maximum absolute atomic E-state index is 12.0. The van der Waals surface area contributed by atoms with Crippen molar-refractivity contribution >= 4 is 23.8 Å². The molecule has 0 aromatic heterocycles. The number of carbonyl (C=O) groups is 2. The minimum absolute atomic E-state index is 0.0827. The number of nitrogens with zero attached hydrogens (tertiary/aromatic N) is 1. The highest BCUT2D eigenvalue weighted by Crippen LogP contribution is 2.28. The van der Waals surface area contributed by atoms with E-state index in [0.717, 1.165) is 6.42 Å². The zero-order chi connectivity index (χ0) is 13.9. The van der Waals surface area contributed by atoms with Crippen LogP contribution in [0.1, 0.15) is 34.1 Å². The van der Waals surface area contributed by atoms with E-state index in [1.807, 2.05) is 6.92 Å². The first-order chi connectivity index (χ1) is 8.22. The van der Waals surface area contributed by atoms with Crippen molar-refractivity contribution in [2.24, 2.45) is 5.41 Å². The Kier molecular flexibility index (Phi) is 4.90. The number of nitrogens with one attached hydrogen (secondary N) is 1. The van der Waals surface area contributed by atoms with E-state index in [9.17, 15) is 9.59 Å². The van der Waals surface area contributed by atoms with Gasteiger partial charge in [-0.1, -0.05) is 20.8 Å². The van der Waals surface area contributed by atoms with Gasteiger partial charge in [-0.05, 0) is 18.8 Å². The third kappa shape index (κ3) is 4.08. The number of carboxylic acids is 1. The van der Waals surface area contributed by atoms with E-state index in [1.54, 1.807) is 0 Å². The summed E-state index contributed by atoms with van der Waals surface area (Å²) < 4.78 is 0. The number of amides is 2. The Hall–Kier alpha value is -0.910. The highest BCUT2D eigenvalue weighted by atomic mass is 32.2. The van der Waals surface area contributed by atoms with E-state index in [0.29, 0.717) is 12.3 Å². The summed E-state index contributed by atoms with van der Waals surface area (Å²) in [6.45, 7) is 8.74. The van der Waals surface area contributed by atoms with Crippen LogP contribution in [0.5, 0.6) is 0 Å². The van der Waals surface area contributed by atoms with Crippen molar-refractivity contribution in [2.45, 2.75) is 45.5 Å². The standard InChI is InChI=1S/C12H22N2O3S/c1-8-14(9(7-18-8)10(15)16)11(17)13-6-5-12(2,3)4/h8-9H,5-7H2,1-4H3,(H,13,17)(H,15,16). The van der Waals surface area contributed by atoms with Crippen LogP contribution in [0, 0.1) is 5.41 Å². The first-order valence-corrected chi connectivity index (χ1v) is 7.18. The lowest BCUT2D eigenvalue weighted by atomic mass is 9.92. The summed E-state index contributed by atoms with van der Waals surface area (Å²) in [6, 6.07) is -0.983. The number of aliphatic carboxylic acids is 1. The molecule has 1 heterocycles. The van der Waals surface area contributed by atoms with Gasteiger partial charge in [-0.3, -0.25) is 4.90 Å². The van der Waals surface area contributed by atoms with Crippen molar-refractivity contribution in [1.82, 2.24) is 10.2 Å². The van der Waals surface area contributed by atoms with Gasteiger partial charge in [-0.15, -0.1) is 11.8 Å². The Morgan fingerprint density at radius 2 is 2.06 bits per heavy atom. The van der Waals surface area contributed by atoms with E-state index in [4.69, 9.17) is 5.11 Å². The number of carbonyl (C=O) groups excluding carboxylic acids is 1. The fourth-order valence-corrected chi connectivity index (χ4v) is 2.94. The second kappa shape index (κ2) is 5.82. The van der Waals surface area contributed by atoms with Gasteiger partial charge in [0.1, 0.15) is 6.04 Å². The number of rotatable bonds is 3. The molecule has 1 rings (SSSR count). The summed E-state index contributed by atoms with van der Waals surface area (Å²) in [5.74, 6) is -0.471. The predicted molar refractivity (Wildman–Crippen MR) is 72.7 cm³/mol. The van der Waals surface area contributed by atoms with E-state index >= 15 is 0 Å². The minimum Gasteiger partial charge on any atom is -0.480 e. The molecule has 1 saturated heterocycles. The van der Waals surface area contributed by atoms with Crippen LogP contribution in [0.2, 0.25) is 0 Å². The number of carboxylic acid groups (broad SMARTS) is 1. The average molecular weight is 274 g/mol. The smallest absolute Gasteiger partial charge is 0.327 e. The molecule has 2 N–H and O–H groups in total. The monoisotopic (exact) mass is 274 g/mol. The van der Waals surface area contributed by atoms with Crippen LogP contribution in [0.25, 0.3) is 0 Å². The van der Waals surface area contributed by atoms with Gasteiger partial charge in [0.15, 0.2) is 0 Å². The van der Waals surface area contributed by atoms with Crippen molar-refractivity contribution < 1.29 is 14.7 Å². The molecule has 1 aliphatic heterocycles. The number of hydrogen-bond acceptors (Lipinski definition) is 3. The molecule has 1 fully saturated rings. The molecule has 5 nitrogen and oxygen atoms in total. The first-order valence-electron chi connectivity index (χ1n) is 6.13. The third-order valence-corrected chi connectivity index (χ3v) is 4.11. The van der Waals surface area contributed by atoms with Gasteiger partial charge >= 0.3 is 12.0 Å². The lowest BCUT2D eigenvalue weighted by molar-refractivity contribution is -0.141. The Morgan fingerprint density at radius 1 is 1.44 bits per heavy atom. The van der Waals surface area contributed by atoms with Crippen LogP contribution >= 0.6 is 11.8 Å². The van der Waals surface area contributed by atoms with Gasteiger partial charge in [0.2, 0.25) is 0 Å². The van der Waals surface area contributed by atoms with E-state index in [2.05, 4.69) is 26.1 Å². The Balaban J connectivity index is 2.51. The summed E-state index contributed by atoms with van der Waals surface area (Å²) in [5.41, 5.74) is 0.158. The SMILES string of the molecule is CC1SCC(C(=O)O)N1C(=O)NCCC(C)(C)C. The molecule has 0 aliphatic carbocycles. The molecule has 104 valence electrons. The minimum atomic E-state index is -0.933. The molecule has 1 aliphatic rings. The molecule has 2 amide bonds. The molecule has 2 unspecified atom stereocenters. The molecule has 0 saturated carbocycles. The molecule has 0 aromatic carbocycles. The van der Waals surface area contributed by atoms with Crippen LogP contribution in [-0.2, 0) is 4.79 Å². The first kappa shape index (κ1) is 15.1. The molecule has 18 heavy (non-hydrogen) atoms. The van der Waals surface area contributed by atoms with Crippen molar-refractivity contribution in [3.8, 4) is 0 Å². The zero-order valence-corrected chi connectivity index (χ0v) is 12.2. The highest BCUT2D eigenvalue weighted by Gasteiger charge is 2.39. The van der Waals surface area contributed by atoms with Crippen LogP contribution in [-0.4, -0.2) is 45.7 Å². The van der Waals surface area contributed by atoms with Gasteiger partial charge in [0.05, 0.1) is 5.37 Å². The summed E-state index contributed by atoms with van der Waals surface area (Å²) in [7, 11) is 0. The maximum Gasteiger partial charge on any atom is 0.327 e. The van der Waals surface area contributed by atoms with Gasteiger partial charge in [0.25, 0.3) is 0 Å². The Bertz CT molecular complexity index is 328. The molecule has 6 heteroatoms. The van der Waals surface area contributed by atoms with Crippen LogP contribution in [0.4, 0.5) is 4.79 Å². The second-order valence-electron chi connectivity index (χ2n) is 5.74. The van der Waals surface area contributed by atoms with Crippen LogP contribution in [0.3, 0.4) is 0 Å². The largest absolute Gasteiger partial charge is 0.480 e. The third-order valence-electron chi connectivity index (χ3n) is 2.89. The van der Waals surface area contributed by atoms with Gasteiger partial charge in [-0.25, -0.2) is 9.59 Å². The fourth-order valence-electron chi connectivity index (χ4n) is 1.78. The van der Waals surface area contributed by atoms with Crippen molar-refractivity contribution in [1.29, 1.82) is 0 Å². The predicted octanol–water partition coefficient (Wildman–Crippen LogP) is 1.98. The van der Waals surface area contributed by atoms with E-state index in [-0.39, 0.29) is 16.8 Å². The summed E-state index contributed by atoms with van der Waals surface area (Å²) in [4.78, 5) is 24.5. The van der Waals surface area contributed by atoms with E-state index < -0.39 is 12.0 Å². The van der Waals surface area contributed by atoms with E-state index in [1.165, 1.54) is 16.7 Å². The number of urea groups is 1. The Labute approximate surface area is 112 Å². The molecular weight excluding hydrogens is 252 g/mol. The van der Waals surface area contributed by atoms with Gasteiger partial charge in [0, 0.05) is 12.3 Å². The second-order valence-corrected chi connectivity index (χ2v) is 7.09. The van der Waals surface area contributed by atoms with Crippen LogP contribution in [0.15, 0.2) is 0 Å². The topological polar surface area (TPSA) is 69.6 Å². The van der Waals surface area contributed by atoms with Crippen molar-refractivity contribution in [3.05, 3.63) is 0 Å². The molecule has 0 radical (unpaired) electrons. The van der Waals surface area contributed by atoms with Crippen molar-refractivity contribution in [2.75, 3.05) is 12.3 Å². The highest BCUT2D eigenvalue weighted by molar-refractivity contribution is 8.00. The Morgan fingerprint density at radius 3 is 2.56 bits per heavy atom. The molecular formula is C12H22N2O3S. The van der Waals surface area contributed by atoms with Crippen molar-refractivity contribution in [3.63, 3.8) is 0 Å². The summed E-state index contributed by atoms with van der Waals surface area (Å²) in [6.07, 6.45) is 0.867. The maximum atomic E-state index is 12.0. The molecule has 0 bridgehead atoms. The summed E-state index contributed by atoms with van der Waals surface area (Å²) in [5, 5.41) is 11.8. The lowest BCUT2D eigenvalue weighted by Gasteiger charge is -2.26. The molecule has 0 aromatic rings.